The molecule has 0 bridgehead atoms. The normalized spacial score (nSPS) is 16.6. The summed E-state index contributed by atoms with van der Waals surface area (Å²) in [4.78, 5) is 27.2. The van der Waals surface area contributed by atoms with Crippen molar-refractivity contribution in [2.45, 2.75) is 39.5 Å². The average Bonchev–Trinajstić information content (AvgIpc) is 2.90. The monoisotopic (exact) mass is 492 g/mol. The van der Waals surface area contributed by atoms with E-state index in [1.165, 1.54) is 12.2 Å². The van der Waals surface area contributed by atoms with E-state index in [-0.39, 0.29) is 17.0 Å². The van der Waals surface area contributed by atoms with E-state index in [0.717, 1.165) is 24.0 Å². The fourth-order valence-corrected chi connectivity index (χ4v) is 4.54. The molecular weight excluding hydrogens is 456 g/mol. The number of hydrogen-bond acceptors (Lipinski definition) is 6. The Hall–Kier alpha value is -3.54. The molecule has 0 unspecified atom stereocenters. The van der Waals surface area contributed by atoms with E-state index < -0.39 is 5.41 Å². The molecular formula is C30H36O6. The summed E-state index contributed by atoms with van der Waals surface area (Å²) < 4.78 is 21.3. The van der Waals surface area contributed by atoms with Crippen LogP contribution in [-0.2, 0) is 9.59 Å². The van der Waals surface area contributed by atoms with E-state index in [2.05, 4.69) is 13.8 Å². The van der Waals surface area contributed by atoms with Crippen LogP contribution in [0.4, 0.5) is 0 Å². The molecule has 1 aliphatic carbocycles. The molecule has 3 rings (SSSR count). The van der Waals surface area contributed by atoms with Gasteiger partial charge in [-0.3, -0.25) is 9.59 Å². The predicted molar refractivity (Wildman–Crippen MR) is 142 cm³/mol. The number of ketones is 2. The number of carbonyl (C=O) groups excluding carboxylic acids is 2. The van der Waals surface area contributed by atoms with Crippen LogP contribution in [0.5, 0.6) is 23.0 Å². The van der Waals surface area contributed by atoms with Crippen LogP contribution in [0, 0.1) is 10.8 Å². The fraction of sp³-hybridized carbons (Fsp3) is 0.400. The number of ether oxygens (including phenoxy) is 4. The lowest BCUT2D eigenvalue weighted by atomic mass is 9.61. The van der Waals surface area contributed by atoms with Crippen molar-refractivity contribution in [2.24, 2.45) is 10.8 Å². The fourth-order valence-electron chi connectivity index (χ4n) is 4.54. The van der Waals surface area contributed by atoms with Crippen molar-refractivity contribution in [3.05, 3.63) is 59.7 Å². The summed E-state index contributed by atoms with van der Waals surface area (Å²) in [5.41, 5.74) is 0.612. The molecule has 6 nitrogen and oxygen atoms in total. The van der Waals surface area contributed by atoms with Gasteiger partial charge in [-0.2, -0.15) is 0 Å². The molecule has 0 amide bonds. The molecule has 36 heavy (non-hydrogen) atoms. The zero-order chi connectivity index (χ0) is 26.3. The van der Waals surface area contributed by atoms with E-state index in [1.807, 2.05) is 12.1 Å². The molecule has 0 aliphatic heterocycles. The summed E-state index contributed by atoms with van der Waals surface area (Å²) >= 11 is 0. The average molecular weight is 493 g/mol. The summed E-state index contributed by atoms with van der Waals surface area (Å²) in [5.74, 6) is 2.04. The third-order valence-electron chi connectivity index (χ3n) is 7.07. The van der Waals surface area contributed by atoms with Gasteiger partial charge in [-0.05, 0) is 78.6 Å². The largest absolute Gasteiger partial charge is 0.493 e. The van der Waals surface area contributed by atoms with Gasteiger partial charge in [0.15, 0.2) is 34.6 Å². The molecule has 6 heteroatoms. The van der Waals surface area contributed by atoms with Crippen LogP contribution in [0.2, 0.25) is 0 Å². The molecule has 0 heterocycles. The van der Waals surface area contributed by atoms with Crippen LogP contribution in [0.25, 0.3) is 12.2 Å². The number of rotatable bonds is 10. The van der Waals surface area contributed by atoms with Crippen molar-refractivity contribution < 1.29 is 28.5 Å². The highest BCUT2D eigenvalue weighted by Crippen LogP contribution is 2.47. The number of benzene rings is 2. The molecule has 0 spiro atoms. The van der Waals surface area contributed by atoms with Crippen LogP contribution in [0.15, 0.2) is 48.6 Å². The zero-order valence-corrected chi connectivity index (χ0v) is 22.1. The lowest BCUT2D eigenvalue weighted by molar-refractivity contribution is -0.138. The third-order valence-corrected chi connectivity index (χ3v) is 7.07. The predicted octanol–water partition coefficient (Wildman–Crippen LogP) is 6.17. The Bertz CT molecular complexity index is 1070. The summed E-state index contributed by atoms with van der Waals surface area (Å²) in [6.07, 6.45) is 9.17. The van der Waals surface area contributed by atoms with E-state index >= 15 is 0 Å². The van der Waals surface area contributed by atoms with Crippen molar-refractivity contribution in [2.75, 3.05) is 28.4 Å². The van der Waals surface area contributed by atoms with Gasteiger partial charge in [0.25, 0.3) is 0 Å². The van der Waals surface area contributed by atoms with E-state index in [4.69, 9.17) is 18.9 Å². The number of hydrogen-bond donors (Lipinski definition) is 0. The highest BCUT2D eigenvalue weighted by molar-refractivity contribution is 6.17. The van der Waals surface area contributed by atoms with Crippen molar-refractivity contribution in [3.63, 3.8) is 0 Å². The Morgan fingerprint density at radius 1 is 0.639 bits per heavy atom. The highest BCUT2D eigenvalue weighted by atomic mass is 16.5. The Kier molecular flexibility index (Phi) is 8.62. The molecule has 192 valence electrons. The third kappa shape index (κ3) is 5.99. The number of carbonyl (C=O) groups is 2. The smallest absolute Gasteiger partial charge is 0.169 e. The second-order valence-corrected chi connectivity index (χ2v) is 9.87. The van der Waals surface area contributed by atoms with Gasteiger partial charge >= 0.3 is 0 Å². The van der Waals surface area contributed by atoms with Crippen molar-refractivity contribution in [3.8, 4) is 23.0 Å². The van der Waals surface area contributed by atoms with Gasteiger partial charge in [-0.15, -0.1) is 0 Å². The van der Waals surface area contributed by atoms with Crippen LogP contribution in [-0.4, -0.2) is 40.0 Å². The SMILES string of the molecule is COc1ccc(/C=C/C(=O)C2(C(=O)/C=C/c3ccc(OC)c(OC)c3)CCC(C)(C)CC2)cc1OC. The minimum Gasteiger partial charge on any atom is -0.493 e. The summed E-state index contributed by atoms with van der Waals surface area (Å²) in [5, 5.41) is 0. The first kappa shape index (κ1) is 27.1. The Morgan fingerprint density at radius 2 is 1.03 bits per heavy atom. The maximum absolute atomic E-state index is 13.6. The molecule has 0 N–H and O–H groups in total. The second kappa shape index (κ2) is 11.5. The number of methoxy groups -OCH3 is 4. The molecule has 0 aromatic heterocycles. The van der Waals surface area contributed by atoms with Crippen LogP contribution in [0.3, 0.4) is 0 Å². The summed E-state index contributed by atoms with van der Waals surface area (Å²) in [6.45, 7) is 4.37. The first-order valence-corrected chi connectivity index (χ1v) is 12.1. The second-order valence-electron chi connectivity index (χ2n) is 9.87. The molecule has 0 saturated heterocycles. The Morgan fingerprint density at radius 3 is 1.39 bits per heavy atom. The van der Waals surface area contributed by atoms with Gasteiger partial charge in [0, 0.05) is 0 Å². The van der Waals surface area contributed by atoms with Crippen molar-refractivity contribution >= 4 is 23.7 Å². The van der Waals surface area contributed by atoms with Gasteiger partial charge in [-0.25, -0.2) is 0 Å². The van der Waals surface area contributed by atoms with Crippen molar-refractivity contribution in [1.82, 2.24) is 0 Å². The van der Waals surface area contributed by atoms with E-state index in [9.17, 15) is 9.59 Å². The van der Waals surface area contributed by atoms with Crippen LogP contribution >= 0.6 is 0 Å². The molecule has 2 aromatic carbocycles. The Labute approximate surface area is 213 Å². The molecule has 0 atom stereocenters. The quantitative estimate of drug-likeness (QED) is 0.292. The lowest BCUT2D eigenvalue weighted by Gasteiger charge is -2.40. The van der Waals surface area contributed by atoms with Crippen molar-refractivity contribution in [1.29, 1.82) is 0 Å². The van der Waals surface area contributed by atoms with E-state index in [1.54, 1.807) is 64.9 Å². The van der Waals surface area contributed by atoms with Gasteiger partial charge in [0.1, 0.15) is 0 Å². The molecule has 1 aliphatic rings. The lowest BCUT2D eigenvalue weighted by Crippen LogP contribution is -2.42. The minimum absolute atomic E-state index is 0.101. The topological polar surface area (TPSA) is 71.1 Å². The number of allylic oxidation sites excluding steroid dienone is 2. The van der Waals surface area contributed by atoms with Crippen LogP contribution < -0.4 is 18.9 Å². The molecule has 2 aromatic rings. The standard InChI is InChI=1S/C30H36O6/c1-29(2)15-17-30(18-16-29,27(31)13-9-21-7-11-23(33-3)25(19-21)35-5)28(32)14-10-22-8-12-24(34-4)26(20-22)36-6/h7-14,19-20H,15-18H2,1-6H3/b13-9+,14-10+. The summed E-state index contributed by atoms with van der Waals surface area (Å²) in [6, 6.07) is 10.9. The van der Waals surface area contributed by atoms with E-state index in [0.29, 0.717) is 35.8 Å². The van der Waals surface area contributed by atoms with Gasteiger partial charge in [0.2, 0.25) is 0 Å². The summed E-state index contributed by atoms with van der Waals surface area (Å²) in [7, 11) is 6.29. The maximum Gasteiger partial charge on any atom is 0.169 e. The highest BCUT2D eigenvalue weighted by Gasteiger charge is 2.47. The van der Waals surface area contributed by atoms with Gasteiger partial charge < -0.3 is 18.9 Å². The Balaban J connectivity index is 1.88. The van der Waals surface area contributed by atoms with Gasteiger partial charge in [0.05, 0.1) is 33.9 Å². The zero-order valence-electron chi connectivity index (χ0n) is 22.1. The molecule has 1 fully saturated rings. The maximum atomic E-state index is 13.6. The minimum atomic E-state index is -1.07. The molecule has 0 radical (unpaired) electrons. The van der Waals surface area contributed by atoms with Crippen LogP contribution in [0.1, 0.15) is 50.7 Å². The van der Waals surface area contributed by atoms with Gasteiger partial charge in [-0.1, -0.05) is 38.1 Å². The first-order valence-electron chi connectivity index (χ1n) is 12.1. The first-order chi connectivity index (χ1) is 17.2. The molecule has 1 saturated carbocycles.